The van der Waals surface area contributed by atoms with Crippen molar-refractivity contribution < 1.29 is 29.4 Å². The average Bonchev–Trinajstić information content (AvgIpc) is 2.57. The highest BCUT2D eigenvalue weighted by Gasteiger charge is 2.34. The Balaban J connectivity index is 2.01. The molecular formula is C9H10O7S2. The summed E-state index contributed by atoms with van der Waals surface area (Å²) in [6, 6.07) is 7.74. The molecule has 0 aromatic heterocycles. The molecule has 0 N–H and O–H groups in total. The highest BCUT2D eigenvalue weighted by Crippen LogP contribution is 2.17. The first-order chi connectivity index (χ1) is 8.36. The molecule has 0 spiro atoms. The third-order valence-electron chi connectivity index (χ3n) is 2.02. The van der Waals surface area contributed by atoms with Crippen LogP contribution >= 0.6 is 0 Å². The minimum Gasteiger partial charge on any atom is -0.362 e. The van der Waals surface area contributed by atoms with Gasteiger partial charge in [-0.15, -0.1) is 0 Å². The molecule has 1 unspecified atom stereocenters. The van der Waals surface area contributed by atoms with Gasteiger partial charge in [-0.05, 0) is 12.1 Å². The van der Waals surface area contributed by atoms with E-state index in [9.17, 15) is 16.8 Å². The van der Waals surface area contributed by atoms with Gasteiger partial charge < -0.3 is 4.18 Å². The zero-order valence-corrected chi connectivity index (χ0v) is 10.7. The van der Waals surface area contributed by atoms with E-state index in [1.54, 1.807) is 18.2 Å². The fraction of sp³-hybridized carbons (Fsp3) is 0.333. The number of para-hydroxylation sites is 1. The fourth-order valence-electron chi connectivity index (χ4n) is 1.34. The Kier molecular flexibility index (Phi) is 3.57. The van der Waals surface area contributed by atoms with Crippen molar-refractivity contribution in [1.29, 1.82) is 0 Å². The minimum atomic E-state index is -4.31. The smallest absolute Gasteiger partial charge is 0.362 e. The van der Waals surface area contributed by atoms with Gasteiger partial charge in [0.05, 0.1) is 6.61 Å². The van der Waals surface area contributed by atoms with Crippen LogP contribution < -0.4 is 4.18 Å². The zero-order chi connectivity index (χ0) is 13.2. The van der Waals surface area contributed by atoms with Crippen LogP contribution in [0.25, 0.3) is 0 Å². The highest BCUT2D eigenvalue weighted by atomic mass is 32.3. The van der Waals surface area contributed by atoms with Crippen LogP contribution in [0.3, 0.4) is 0 Å². The van der Waals surface area contributed by atoms with Crippen molar-refractivity contribution >= 4 is 20.5 Å². The third-order valence-corrected chi connectivity index (χ3v) is 4.20. The maximum Gasteiger partial charge on any atom is 0.449 e. The quantitative estimate of drug-likeness (QED) is 0.724. The van der Waals surface area contributed by atoms with Crippen LogP contribution in [0.2, 0.25) is 0 Å². The summed E-state index contributed by atoms with van der Waals surface area (Å²) >= 11 is 0. The van der Waals surface area contributed by atoms with Crippen molar-refractivity contribution in [2.24, 2.45) is 0 Å². The van der Waals surface area contributed by atoms with E-state index in [-0.39, 0.29) is 12.4 Å². The second-order valence-corrected chi connectivity index (χ2v) is 6.39. The van der Waals surface area contributed by atoms with Crippen LogP contribution in [0.5, 0.6) is 5.75 Å². The van der Waals surface area contributed by atoms with Gasteiger partial charge in [0.25, 0.3) is 10.1 Å². The molecule has 1 fully saturated rings. The van der Waals surface area contributed by atoms with Crippen molar-refractivity contribution in [3.8, 4) is 5.75 Å². The van der Waals surface area contributed by atoms with Gasteiger partial charge >= 0.3 is 10.4 Å². The summed E-state index contributed by atoms with van der Waals surface area (Å²) < 4.78 is 58.4. The maximum absolute atomic E-state index is 11.5. The van der Waals surface area contributed by atoms with Crippen LogP contribution in [0.15, 0.2) is 30.3 Å². The average molecular weight is 294 g/mol. The molecule has 9 heteroatoms. The highest BCUT2D eigenvalue weighted by molar-refractivity contribution is 7.87. The second-order valence-electron chi connectivity index (χ2n) is 3.53. The zero-order valence-electron chi connectivity index (χ0n) is 9.05. The molecule has 0 saturated carbocycles. The third kappa shape index (κ3) is 3.67. The summed E-state index contributed by atoms with van der Waals surface area (Å²) in [5.74, 6) is -0.427. The van der Waals surface area contributed by atoms with Crippen molar-refractivity contribution in [1.82, 2.24) is 0 Å². The van der Waals surface area contributed by atoms with E-state index in [0.717, 1.165) is 0 Å². The molecule has 1 aliphatic rings. The van der Waals surface area contributed by atoms with E-state index in [2.05, 4.69) is 12.5 Å². The first kappa shape index (κ1) is 13.3. The number of rotatable bonds is 4. The molecule has 7 nitrogen and oxygen atoms in total. The lowest BCUT2D eigenvalue weighted by Crippen LogP contribution is -2.25. The lowest BCUT2D eigenvalue weighted by Gasteiger charge is -2.09. The molecule has 100 valence electrons. The van der Waals surface area contributed by atoms with Gasteiger partial charge in [-0.25, -0.2) is 4.18 Å². The lowest BCUT2D eigenvalue weighted by atomic mass is 10.3. The summed E-state index contributed by atoms with van der Waals surface area (Å²) in [4.78, 5) is 0. The van der Waals surface area contributed by atoms with E-state index in [0.29, 0.717) is 0 Å². The fourth-order valence-corrected chi connectivity index (χ4v) is 3.34. The predicted octanol–water partition coefficient (Wildman–Crippen LogP) is 0.0554. The molecule has 1 atom stereocenters. The SMILES string of the molecule is O=S1(=O)CC(OS(=O)(=O)Oc2ccccc2)CO1. The van der Waals surface area contributed by atoms with Gasteiger partial charge in [0.15, 0.2) is 0 Å². The Morgan fingerprint density at radius 1 is 1.22 bits per heavy atom. The second kappa shape index (κ2) is 4.84. The van der Waals surface area contributed by atoms with Crippen molar-refractivity contribution in [2.75, 3.05) is 12.4 Å². The van der Waals surface area contributed by atoms with E-state index < -0.39 is 32.4 Å². The Hall–Kier alpha value is -1.16. The molecule has 1 aromatic rings. The summed E-state index contributed by atoms with van der Waals surface area (Å²) in [6.07, 6.45) is -1.08. The number of hydrogen-bond acceptors (Lipinski definition) is 7. The van der Waals surface area contributed by atoms with E-state index >= 15 is 0 Å². The largest absolute Gasteiger partial charge is 0.449 e. The van der Waals surface area contributed by atoms with Gasteiger partial charge in [0, 0.05) is 0 Å². The topological polar surface area (TPSA) is 96.0 Å². The van der Waals surface area contributed by atoms with Crippen molar-refractivity contribution in [3.05, 3.63) is 30.3 Å². The van der Waals surface area contributed by atoms with Gasteiger partial charge in [-0.1, -0.05) is 18.2 Å². The van der Waals surface area contributed by atoms with Crippen molar-refractivity contribution in [2.45, 2.75) is 6.10 Å². The molecule has 0 bridgehead atoms. The van der Waals surface area contributed by atoms with Crippen LogP contribution in [0.1, 0.15) is 0 Å². The Bertz CT molecular complexity index is 606. The first-order valence-corrected chi connectivity index (χ1v) is 7.82. The Morgan fingerprint density at radius 2 is 1.89 bits per heavy atom. The molecule has 0 aliphatic carbocycles. The summed E-state index contributed by atoms with van der Waals surface area (Å²) in [6.45, 7) is -0.334. The first-order valence-electron chi connectivity index (χ1n) is 4.91. The van der Waals surface area contributed by atoms with Crippen molar-refractivity contribution in [3.63, 3.8) is 0 Å². The van der Waals surface area contributed by atoms with Crippen LogP contribution in [0, 0.1) is 0 Å². The predicted molar refractivity (Wildman–Crippen MR) is 60.6 cm³/mol. The minimum absolute atomic E-state index is 0.0827. The molecule has 1 aromatic carbocycles. The normalized spacial score (nSPS) is 22.8. The molecule has 1 saturated heterocycles. The number of benzene rings is 1. The van der Waals surface area contributed by atoms with Crippen LogP contribution in [-0.2, 0) is 28.9 Å². The monoisotopic (exact) mass is 294 g/mol. The maximum atomic E-state index is 11.5. The summed E-state index contributed by atoms with van der Waals surface area (Å²) in [5.41, 5.74) is 0. The van der Waals surface area contributed by atoms with Gasteiger partial charge in [0.2, 0.25) is 0 Å². The van der Waals surface area contributed by atoms with E-state index in [1.165, 1.54) is 12.1 Å². The molecule has 0 amide bonds. The Morgan fingerprint density at radius 3 is 2.44 bits per heavy atom. The lowest BCUT2D eigenvalue weighted by molar-refractivity contribution is 0.167. The summed E-state index contributed by atoms with van der Waals surface area (Å²) in [7, 11) is -8.00. The standard InChI is InChI=1S/C9H10O7S2/c10-17(11)7-9(6-14-17)16-18(12,13)15-8-4-2-1-3-5-8/h1-5,9H,6-7H2. The van der Waals surface area contributed by atoms with Crippen LogP contribution in [0.4, 0.5) is 0 Å². The molecule has 2 rings (SSSR count). The van der Waals surface area contributed by atoms with Crippen LogP contribution in [-0.4, -0.2) is 35.3 Å². The number of hydrogen-bond donors (Lipinski definition) is 0. The van der Waals surface area contributed by atoms with Gasteiger partial charge in [-0.3, -0.25) is 4.18 Å². The van der Waals surface area contributed by atoms with Gasteiger partial charge in [-0.2, -0.15) is 16.8 Å². The van der Waals surface area contributed by atoms with E-state index in [4.69, 9.17) is 0 Å². The molecular weight excluding hydrogens is 284 g/mol. The molecule has 18 heavy (non-hydrogen) atoms. The summed E-state index contributed by atoms with van der Waals surface area (Å²) in [5, 5.41) is 0. The van der Waals surface area contributed by atoms with E-state index in [1.807, 2.05) is 0 Å². The molecule has 1 heterocycles. The molecule has 1 aliphatic heterocycles. The van der Waals surface area contributed by atoms with Gasteiger partial charge in [0.1, 0.15) is 17.6 Å². The molecule has 0 radical (unpaired) electrons. The Labute approximate surface area is 105 Å².